The Morgan fingerprint density at radius 2 is 1.81 bits per heavy atom. The van der Waals surface area contributed by atoms with Crippen molar-refractivity contribution in [3.8, 4) is 0 Å². The van der Waals surface area contributed by atoms with Crippen LogP contribution in [0.4, 0.5) is 4.79 Å². The Kier molecular flexibility index (Phi) is 5.80. The third-order valence-corrected chi connectivity index (χ3v) is 4.22. The van der Waals surface area contributed by atoms with Crippen LogP contribution in [0, 0.1) is 0 Å². The van der Waals surface area contributed by atoms with Gasteiger partial charge in [-0.3, -0.25) is 0 Å². The van der Waals surface area contributed by atoms with E-state index in [0.717, 1.165) is 5.52 Å². The topological polar surface area (TPSA) is 67.6 Å². The normalized spacial score (nSPS) is 12.5. The van der Waals surface area contributed by atoms with E-state index >= 15 is 0 Å². The van der Waals surface area contributed by atoms with Crippen LogP contribution < -0.4 is 0 Å². The standard InChI is InChI=1S/C18H25Cl2N3O3/c1-17(2,3)26-16(24)22(6)9-15-21-13-7-11(19)12(20)8-14(13)23(15)10-18(4,5)25/h7-8,25H,9-10H2,1-6H3. The first-order valence-corrected chi connectivity index (χ1v) is 9.03. The van der Waals surface area contributed by atoms with Gasteiger partial charge in [0.2, 0.25) is 0 Å². The van der Waals surface area contributed by atoms with E-state index in [0.29, 0.717) is 27.9 Å². The summed E-state index contributed by atoms with van der Waals surface area (Å²) in [5.74, 6) is 0.605. The Morgan fingerprint density at radius 3 is 2.35 bits per heavy atom. The van der Waals surface area contributed by atoms with E-state index in [1.807, 2.05) is 25.3 Å². The van der Waals surface area contributed by atoms with Gasteiger partial charge in [-0.05, 0) is 46.8 Å². The largest absolute Gasteiger partial charge is 0.444 e. The first kappa shape index (κ1) is 20.8. The van der Waals surface area contributed by atoms with Gasteiger partial charge < -0.3 is 19.3 Å². The van der Waals surface area contributed by atoms with Crippen molar-refractivity contribution in [2.45, 2.75) is 58.9 Å². The van der Waals surface area contributed by atoms with Gasteiger partial charge in [0, 0.05) is 7.05 Å². The summed E-state index contributed by atoms with van der Waals surface area (Å²) in [6.07, 6.45) is -0.449. The first-order chi connectivity index (χ1) is 11.8. The van der Waals surface area contributed by atoms with E-state index < -0.39 is 17.3 Å². The predicted octanol–water partition coefficient (Wildman–Crippen LogP) is 4.48. The lowest BCUT2D eigenvalue weighted by molar-refractivity contribution is 0.0275. The lowest BCUT2D eigenvalue weighted by Crippen LogP contribution is -2.35. The van der Waals surface area contributed by atoms with Gasteiger partial charge in [0.05, 0.1) is 39.8 Å². The molecule has 1 aromatic carbocycles. The summed E-state index contributed by atoms with van der Waals surface area (Å²) < 4.78 is 7.23. The second kappa shape index (κ2) is 7.25. The van der Waals surface area contributed by atoms with Crippen LogP contribution in [0.1, 0.15) is 40.4 Å². The molecule has 0 fully saturated rings. The molecule has 8 heteroatoms. The molecule has 0 saturated carbocycles. The quantitative estimate of drug-likeness (QED) is 0.819. The minimum atomic E-state index is -0.973. The number of halogens is 2. The Morgan fingerprint density at radius 1 is 1.23 bits per heavy atom. The third kappa shape index (κ3) is 5.25. The molecule has 0 aliphatic heterocycles. The molecule has 0 bridgehead atoms. The lowest BCUT2D eigenvalue weighted by atomic mass is 10.1. The highest BCUT2D eigenvalue weighted by Gasteiger charge is 2.24. The molecule has 0 aliphatic carbocycles. The molecular formula is C18H25Cl2N3O3. The highest BCUT2D eigenvalue weighted by molar-refractivity contribution is 6.42. The number of hydrogen-bond acceptors (Lipinski definition) is 4. The Balaban J connectivity index is 2.42. The molecule has 0 unspecified atom stereocenters. The number of rotatable bonds is 4. The van der Waals surface area contributed by atoms with Gasteiger partial charge in [0.25, 0.3) is 0 Å². The van der Waals surface area contributed by atoms with Crippen molar-refractivity contribution in [3.05, 3.63) is 28.0 Å². The average Bonchev–Trinajstić information content (AvgIpc) is 2.73. The van der Waals surface area contributed by atoms with Gasteiger partial charge in [-0.1, -0.05) is 23.2 Å². The van der Waals surface area contributed by atoms with Crippen molar-refractivity contribution in [3.63, 3.8) is 0 Å². The Bertz CT molecular complexity index is 820. The molecule has 0 spiro atoms. The van der Waals surface area contributed by atoms with Crippen molar-refractivity contribution in [2.24, 2.45) is 0 Å². The molecule has 0 atom stereocenters. The lowest BCUT2D eigenvalue weighted by Gasteiger charge is -2.25. The number of aliphatic hydroxyl groups is 1. The summed E-state index contributed by atoms with van der Waals surface area (Å²) >= 11 is 12.2. The molecule has 0 aliphatic rings. The van der Waals surface area contributed by atoms with Crippen molar-refractivity contribution < 1.29 is 14.6 Å². The summed E-state index contributed by atoms with van der Waals surface area (Å²) in [7, 11) is 1.64. The zero-order chi connectivity index (χ0) is 19.9. The van der Waals surface area contributed by atoms with Crippen molar-refractivity contribution >= 4 is 40.3 Å². The fourth-order valence-corrected chi connectivity index (χ4v) is 2.79. The van der Waals surface area contributed by atoms with Crippen molar-refractivity contribution in [1.82, 2.24) is 14.5 Å². The highest BCUT2D eigenvalue weighted by atomic mass is 35.5. The van der Waals surface area contributed by atoms with E-state index in [2.05, 4.69) is 4.98 Å². The fraction of sp³-hybridized carbons (Fsp3) is 0.556. The van der Waals surface area contributed by atoms with Gasteiger partial charge in [-0.25, -0.2) is 9.78 Å². The smallest absolute Gasteiger partial charge is 0.410 e. The number of benzene rings is 1. The summed E-state index contributed by atoms with van der Waals surface area (Å²) in [4.78, 5) is 18.3. The molecule has 2 rings (SSSR count). The van der Waals surface area contributed by atoms with E-state index in [9.17, 15) is 9.90 Å². The summed E-state index contributed by atoms with van der Waals surface area (Å²) in [5, 5.41) is 11.1. The van der Waals surface area contributed by atoms with Crippen LogP contribution >= 0.6 is 23.2 Å². The maximum absolute atomic E-state index is 12.3. The van der Waals surface area contributed by atoms with E-state index in [1.165, 1.54) is 4.90 Å². The molecular weight excluding hydrogens is 377 g/mol. The predicted molar refractivity (Wildman–Crippen MR) is 104 cm³/mol. The maximum atomic E-state index is 12.3. The minimum absolute atomic E-state index is 0.217. The van der Waals surface area contributed by atoms with Gasteiger partial charge in [0.15, 0.2) is 0 Å². The van der Waals surface area contributed by atoms with Crippen molar-refractivity contribution in [2.75, 3.05) is 7.05 Å². The van der Waals surface area contributed by atoms with Crippen LogP contribution in [0.3, 0.4) is 0 Å². The molecule has 1 amide bonds. The molecule has 1 heterocycles. The van der Waals surface area contributed by atoms with E-state index in [1.54, 1.807) is 33.0 Å². The Labute approximate surface area is 163 Å². The molecule has 2 aromatic rings. The zero-order valence-corrected chi connectivity index (χ0v) is 17.4. The molecule has 6 nitrogen and oxygen atoms in total. The fourth-order valence-electron chi connectivity index (χ4n) is 2.47. The maximum Gasteiger partial charge on any atom is 0.410 e. The van der Waals surface area contributed by atoms with Crippen LogP contribution in [0.25, 0.3) is 11.0 Å². The van der Waals surface area contributed by atoms with Gasteiger partial charge in [-0.2, -0.15) is 0 Å². The summed E-state index contributed by atoms with van der Waals surface area (Å²) in [6, 6.07) is 3.39. The molecule has 0 radical (unpaired) electrons. The van der Waals surface area contributed by atoms with Crippen LogP contribution in [0.2, 0.25) is 10.0 Å². The number of carbonyl (C=O) groups excluding carboxylic acids is 1. The molecule has 1 N–H and O–H groups in total. The second-order valence-electron chi connectivity index (χ2n) is 8.02. The number of carbonyl (C=O) groups is 1. The van der Waals surface area contributed by atoms with Gasteiger partial charge in [0.1, 0.15) is 11.4 Å². The third-order valence-electron chi connectivity index (χ3n) is 3.50. The number of nitrogens with zero attached hydrogens (tertiary/aromatic N) is 3. The van der Waals surface area contributed by atoms with E-state index in [-0.39, 0.29) is 6.54 Å². The molecule has 0 saturated heterocycles. The minimum Gasteiger partial charge on any atom is -0.444 e. The van der Waals surface area contributed by atoms with Crippen LogP contribution in [0.5, 0.6) is 0 Å². The monoisotopic (exact) mass is 401 g/mol. The summed E-state index contributed by atoms with van der Waals surface area (Å²) in [6.45, 7) is 9.36. The van der Waals surface area contributed by atoms with Crippen LogP contribution in [-0.2, 0) is 17.8 Å². The number of imidazole rings is 1. The average molecular weight is 402 g/mol. The molecule has 26 heavy (non-hydrogen) atoms. The van der Waals surface area contributed by atoms with Crippen LogP contribution in [0.15, 0.2) is 12.1 Å². The van der Waals surface area contributed by atoms with Crippen LogP contribution in [-0.4, -0.2) is 43.9 Å². The highest BCUT2D eigenvalue weighted by Crippen LogP contribution is 2.29. The Hall–Kier alpha value is -1.50. The molecule has 1 aromatic heterocycles. The number of aromatic nitrogens is 2. The number of fused-ring (bicyclic) bond motifs is 1. The zero-order valence-electron chi connectivity index (χ0n) is 15.9. The number of ether oxygens (including phenoxy) is 1. The first-order valence-electron chi connectivity index (χ1n) is 8.27. The molecule has 144 valence electrons. The SMILES string of the molecule is CN(Cc1nc2cc(Cl)c(Cl)cc2n1CC(C)(C)O)C(=O)OC(C)(C)C. The number of hydrogen-bond donors (Lipinski definition) is 1. The summed E-state index contributed by atoms with van der Waals surface area (Å²) in [5.41, 5.74) is -0.163. The van der Waals surface area contributed by atoms with Gasteiger partial charge in [-0.15, -0.1) is 0 Å². The van der Waals surface area contributed by atoms with Gasteiger partial charge >= 0.3 is 6.09 Å². The second-order valence-corrected chi connectivity index (χ2v) is 8.83. The number of amides is 1. The van der Waals surface area contributed by atoms with E-state index in [4.69, 9.17) is 27.9 Å². The van der Waals surface area contributed by atoms with Crippen molar-refractivity contribution in [1.29, 1.82) is 0 Å².